The van der Waals surface area contributed by atoms with Gasteiger partial charge in [-0.15, -0.1) is 0 Å². The Hall–Kier alpha value is -0.610. The highest BCUT2D eigenvalue weighted by Crippen LogP contribution is 2.28. The van der Waals surface area contributed by atoms with Crippen LogP contribution >= 0.6 is 11.8 Å². The second-order valence-electron chi connectivity index (χ2n) is 3.95. The van der Waals surface area contributed by atoms with Gasteiger partial charge >= 0.3 is 0 Å². The molecule has 1 atom stereocenters. The molecule has 0 bridgehead atoms. The molecule has 16 heavy (non-hydrogen) atoms. The molecule has 1 N–H and O–H groups in total. The summed E-state index contributed by atoms with van der Waals surface area (Å²) in [5, 5.41) is 3.44. The molecule has 0 amide bonds. The molecule has 0 radical (unpaired) electrons. The normalized spacial score (nSPS) is 21.3. The molecule has 1 saturated heterocycles. The second-order valence-corrected chi connectivity index (χ2v) is 5.01. The van der Waals surface area contributed by atoms with E-state index in [4.69, 9.17) is 0 Å². The number of thioether (sulfide) groups is 1. The quantitative estimate of drug-likeness (QED) is 0.810. The largest absolute Gasteiger partial charge is 0.310 e. The number of hydrogen-bond donors (Lipinski definition) is 1. The van der Waals surface area contributed by atoms with Crippen LogP contribution in [-0.2, 0) is 0 Å². The average Bonchev–Trinajstić information content (AvgIpc) is 2.30. The van der Waals surface area contributed by atoms with Gasteiger partial charge in [-0.25, -0.2) is 0 Å². The van der Waals surface area contributed by atoms with E-state index < -0.39 is 5.76 Å². The maximum absolute atomic E-state index is 12.1. The molecule has 1 aromatic rings. The van der Waals surface area contributed by atoms with Gasteiger partial charge in [-0.1, -0.05) is 30.3 Å². The van der Waals surface area contributed by atoms with E-state index in [2.05, 4.69) is 5.32 Å². The predicted molar refractivity (Wildman–Crippen MR) is 62.9 cm³/mol. The summed E-state index contributed by atoms with van der Waals surface area (Å²) in [6, 6.07) is 7.87. The summed E-state index contributed by atoms with van der Waals surface area (Å²) >= 11 is 0.600. The Morgan fingerprint density at radius 1 is 1.19 bits per heavy atom. The lowest BCUT2D eigenvalue weighted by atomic mass is 9.98. The van der Waals surface area contributed by atoms with Crippen LogP contribution in [0.3, 0.4) is 0 Å². The molecule has 1 nitrogen and oxygen atoms in total. The van der Waals surface area contributed by atoms with Crippen LogP contribution in [0.2, 0.25) is 0 Å². The third-order valence-corrected chi connectivity index (χ3v) is 3.54. The van der Waals surface area contributed by atoms with Crippen molar-refractivity contribution in [2.24, 2.45) is 0 Å². The molecule has 1 aliphatic heterocycles. The monoisotopic (exact) mass is 243 g/mol. The highest BCUT2D eigenvalue weighted by molar-refractivity contribution is 7.99. The summed E-state index contributed by atoms with van der Waals surface area (Å²) in [7, 11) is 0. The molecule has 1 aliphatic rings. The van der Waals surface area contributed by atoms with Crippen molar-refractivity contribution in [1.82, 2.24) is 5.32 Å². The molecule has 2 rings (SSSR count). The Balaban J connectivity index is 2.00. The Labute approximate surface area is 98.6 Å². The SMILES string of the molecule is FC(F)Sc1ccc(C2CCCCN2)cc1. The fraction of sp³-hybridized carbons (Fsp3) is 0.500. The lowest BCUT2D eigenvalue weighted by molar-refractivity contribution is 0.252. The van der Waals surface area contributed by atoms with Crippen LogP contribution in [0, 0.1) is 0 Å². The Kier molecular flexibility index (Phi) is 4.18. The van der Waals surface area contributed by atoms with Crippen molar-refractivity contribution in [1.29, 1.82) is 0 Å². The van der Waals surface area contributed by atoms with Gasteiger partial charge in [-0.3, -0.25) is 0 Å². The number of nitrogens with one attached hydrogen (secondary N) is 1. The zero-order valence-electron chi connectivity index (χ0n) is 8.96. The summed E-state index contributed by atoms with van der Waals surface area (Å²) in [5.41, 5.74) is 1.21. The Morgan fingerprint density at radius 3 is 2.50 bits per heavy atom. The smallest absolute Gasteiger partial charge is 0.288 e. The maximum Gasteiger partial charge on any atom is 0.288 e. The van der Waals surface area contributed by atoms with E-state index in [9.17, 15) is 8.78 Å². The summed E-state index contributed by atoms with van der Waals surface area (Å²) in [6.07, 6.45) is 3.61. The van der Waals surface area contributed by atoms with Gasteiger partial charge in [0.1, 0.15) is 0 Å². The summed E-state index contributed by atoms with van der Waals surface area (Å²) in [6.45, 7) is 1.05. The molecule has 0 aliphatic carbocycles. The highest BCUT2D eigenvalue weighted by atomic mass is 32.2. The fourth-order valence-electron chi connectivity index (χ4n) is 2.02. The van der Waals surface area contributed by atoms with Crippen molar-refractivity contribution in [2.45, 2.75) is 36.0 Å². The van der Waals surface area contributed by atoms with Crippen LogP contribution in [0.5, 0.6) is 0 Å². The third-order valence-electron chi connectivity index (χ3n) is 2.82. The first kappa shape index (κ1) is 11.9. The van der Waals surface area contributed by atoms with E-state index in [1.54, 1.807) is 12.1 Å². The van der Waals surface area contributed by atoms with Crippen LogP contribution < -0.4 is 5.32 Å². The average molecular weight is 243 g/mol. The fourth-order valence-corrected chi connectivity index (χ4v) is 2.52. The first-order chi connectivity index (χ1) is 7.75. The number of halogens is 2. The van der Waals surface area contributed by atoms with E-state index >= 15 is 0 Å². The lowest BCUT2D eigenvalue weighted by Gasteiger charge is -2.23. The van der Waals surface area contributed by atoms with Gasteiger partial charge in [-0.05, 0) is 37.1 Å². The maximum atomic E-state index is 12.1. The molecule has 4 heteroatoms. The van der Waals surface area contributed by atoms with E-state index in [0.29, 0.717) is 22.7 Å². The summed E-state index contributed by atoms with van der Waals surface area (Å²) in [5.74, 6) is -2.33. The van der Waals surface area contributed by atoms with Crippen molar-refractivity contribution in [2.75, 3.05) is 6.54 Å². The molecular weight excluding hydrogens is 228 g/mol. The highest BCUT2D eigenvalue weighted by Gasteiger charge is 2.14. The summed E-state index contributed by atoms with van der Waals surface area (Å²) in [4.78, 5) is 0.634. The molecule has 0 aromatic heterocycles. The minimum atomic E-state index is -2.33. The topological polar surface area (TPSA) is 12.0 Å². The zero-order chi connectivity index (χ0) is 11.4. The van der Waals surface area contributed by atoms with Gasteiger partial charge < -0.3 is 5.32 Å². The van der Waals surface area contributed by atoms with Gasteiger partial charge in [0, 0.05) is 10.9 Å². The number of alkyl halides is 2. The molecular formula is C12H15F2NS. The molecule has 1 fully saturated rings. The number of rotatable bonds is 3. The molecule has 1 heterocycles. The number of hydrogen-bond acceptors (Lipinski definition) is 2. The Bertz CT molecular complexity index is 320. The first-order valence-electron chi connectivity index (χ1n) is 5.54. The van der Waals surface area contributed by atoms with Crippen molar-refractivity contribution >= 4 is 11.8 Å². The van der Waals surface area contributed by atoms with Crippen LogP contribution in [0.1, 0.15) is 30.9 Å². The van der Waals surface area contributed by atoms with Gasteiger partial charge in [0.25, 0.3) is 5.76 Å². The van der Waals surface area contributed by atoms with Gasteiger partial charge in [-0.2, -0.15) is 8.78 Å². The molecule has 0 spiro atoms. The van der Waals surface area contributed by atoms with Gasteiger partial charge in [0.15, 0.2) is 0 Å². The van der Waals surface area contributed by atoms with Gasteiger partial charge in [0.05, 0.1) is 0 Å². The molecule has 0 saturated carbocycles. The minimum Gasteiger partial charge on any atom is -0.310 e. The zero-order valence-corrected chi connectivity index (χ0v) is 9.77. The first-order valence-corrected chi connectivity index (χ1v) is 6.42. The van der Waals surface area contributed by atoms with Crippen LogP contribution in [-0.4, -0.2) is 12.3 Å². The number of piperidine rings is 1. The van der Waals surface area contributed by atoms with E-state index in [1.807, 2.05) is 12.1 Å². The van der Waals surface area contributed by atoms with Crippen LogP contribution in [0.25, 0.3) is 0 Å². The Morgan fingerprint density at radius 2 is 1.94 bits per heavy atom. The standard InChI is InChI=1S/C12H15F2NS/c13-12(14)16-10-6-4-9(5-7-10)11-3-1-2-8-15-11/h4-7,11-12,15H,1-3,8H2. The summed E-state index contributed by atoms with van der Waals surface area (Å²) < 4.78 is 24.3. The van der Waals surface area contributed by atoms with Gasteiger partial charge in [0.2, 0.25) is 0 Å². The van der Waals surface area contributed by atoms with Crippen LogP contribution in [0.4, 0.5) is 8.78 Å². The molecule has 1 aromatic carbocycles. The predicted octanol–water partition coefficient (Wildman–Crippen LogP) is 3.82. The van der Waals surface area contributed by atoms with Crippen molar-refractivity contribution in [3.63, 3.8) is 0 Å². The van der Waals surface area contributed by atoms with Crippen molar-refractivity contribution in [3.8, 4) is 0 Å². The van der Waals surface area contributed by atoms with Crippen molar-refractivity contribution in [3.05, 3.63) is 29.8 Å². The van der Waals surface area contributed by atoms with E-state index in [0.717, 1.165) is 13.0 Å². The molecule has 1 unspecified atom stereocenters. The van der Waals surface area contributed by atoms with E-state index in [-0.39, 0.29) is 0 Å². The second kappa shape index (κ2) is 5.64. The molecule has 88 valence electrons. The van der Waals surface area contributed by atoms with Crippen molar-refractivity contribution < 1.29 is 8.78 Å². The lowest BCUT2D eigenvalue weighted by Crippen LogP contribution is -2.26. The third kappa shape index (κ3) is 3.19. The number of benzene rings is 1. The minimum absolute atomic E-state index is 0.402. The van der Waals surface area contributed by atoms with E-state index in [1.165, 1.54) is 18.4 Å². The van der Waals surface area contributed by atoms with Crippen LogP contribution in [0.15, 0.2) is 29.2 Å².